The highest BCUT2D eigenvalue weighted by molar-refractivity contribution is 6.08. The van der Waals surface area contributed by atoms with Gasteiger partial charge < -0.3 is 16.0 Å². The van der Waals surface area contributed by atoms with Crippen molar-refractivity contribution in [3.05, 3.63) is 29.8 Å². The second kappa shape index (κ2) is 4.26. The summed E-state index contributed by atoms with van der Waals surface area (Å²) in [5, 5.41) is 8.00. The van der Waals surface area contributed by atoms with Crippen molar-refractivity contribution in [2.75, 3.05) is 18.0 Å². The van der Waals surface area contributed by atoms with Crippen LogP contribution in [0.4, 0.5) is 5.69 Å². The number of benzene rings is 1. The maximum Gasteiger partial charge on any atom is 0.0647 e. The first kappa shape index (κ1) is 11.1. The molecule has 0 aromatic heterocycles. The second-order valence-electron chi connectivity index (χ2n) is 4.84. The molecule has 2 rings (SSSR count). The summed E-state index contributed by atoms with van der Waals surface area (Å²) >= 11 is 0. The van der Waals surface area contributed by atoms with Crippen molar-refractivity contribution < 1.29 is 0 Å². The van der Waals surface area contributed by atoms with Gasteiger partial charge in [0.2, 0.25) is 0 Å². The molecule has 1 aromatic carbocycles. The van der Waals surface area contributed by atoms with Crippen molar-refractivity contribution in [3.63, 3.8) is 0 Å². The topological polar surface area (TPSA) is 53.1 Å². The largest absolute Gasteiger partial charge is 0.369 e. The summed E-state index contributed by atoms with van der Waals surface area (Å²) in [7, 11) is 0. The van der Waals surface area contributed by atoms with Crippen molar-refractivity contribution in [3.8, 4) is 0 Å². The molecule has 1 aromatic rings. The van der Waals surface area contributed by atoms with Crippen LogP contribution in [0.1, 0.15) is 19.4 Å². The number of para-hydroxylation sites is 1. The number of hydrogen-bond donors (Lipinski definition) is 2. The van der Waals surface area contributed by atoms with Crippen LogP contribution in [0.5, 0.6) is 0 Å². The molecule has 1 heterocycles. The summed E-state index contributed by atoms with van der Waals surface area (Å²) in [6.07, 6.45) is 0. The van der Waals surface area contributed by atoms with Gasteiger partial charge in [-0.25, -0.2) is 0 Å². The SMILES string of the molecule is CC(C)CN1CC(N)C(=N)c2ccccc21. The van der Waals surface area contributed by atoms with E-state index in [1.807, 2.05) is 18.2 Å². The number of hydrogen-bond acceptors (Lipinski definition) is 3. The highest BCUT2D eigenvalue weighted by atomic mass is 15.2. The molecular formula is C13H19N3. The van der Waals surface area contributed by atoms with Gasteiger partial charge in [-0.2, -0.15) is 0 Å². The second-order valence-corrected chi connectivity index (χ2v) is 4.84. The predicted octanol–water partition coefficient (Wildman–Crippen LogP) is 1.86. The Labute approximate surface area is 96.8 Å². The fraction of sp³-hybridized carbons (Fsp3) is 0.462. The Hall–Kier alpha value is -1.35. The molecule has 1 aliphatic rings. The zero-order chi connectivity index (χ0) is 11.7. The molecule has 0 fully saturated rings. The quantitative estimate of drug-likeness (QED) is 0.794. The molecule has 0 bridgehead atoms. The summed E-state index contributed by atoms with van der Waals surface area (Å²) in [4.78, 5) is 2.29. The summed E-state index contributed by atoms with van der Waals surface area (Å²) in [5.74, 6) is 0.604. The molecule has 0 aliphatic carbocycles. The number of fused-ring (bicyclic) bond motifs is 1. The van der Waals surface area contributed by atoms with Crippen molar-refractivity contribution in [2.45, 2.75) is 19.9 Å². The molecule has 0 saturated heterocycles. The van der Waals surface area contributed by atoms with Gasteiger partial charge in [0.15, 0.2) is 0 Å². The standard InChI is InChI=1S/C13H19N3/c1-9(2)7-16-8-11(14)13(15)10-5-3-4-6-12(10)16/h3-6,9,11,15H,7-8,14H2,1-2H3. The fourth-order valence-corrected chi connectivity index (χ4v) is 2.22. The van der Waals surface area contributed by atoms with Crippen LogP contribution in [0, 0.1) is 11.3 Å². The monoisotopic (exact) mass is 217 g/mol. The first-order valence-electron chi connectivity index (χ1n) is 5.78. The Morgan fingerprint density at radius 3 is 2.81 bits per heavy atom. The van der Waals surface area contributed by atoms with E-state index in [-0.39, 0.29) is 6.04 Å². The van der Waals surface area contributed by atoms with E-state index in [0.29, 0.717) is 11.6 Å². The summed E-state index contributed by atoms with van der Waals surface area (Å²) in [6, 6.07) is 7.91. The van der Waals surface area contributed by atoms with Crippen LogP contribution in [0.15, 0.2) is 24.3 Å². The minimum Gasteiger partial charge on any atom is -0.369 e. The van der Waals surface area contributed by atoms with E-state index in [0.717, 1.165) is 24.3 Å². The third kappa shape index (κ3) is 1.95. The van der Waals surface area contributed by atoms with Crippen LogP contribution < -0.4 is 10.6 Å². The predicted molar refractivity (Wildman–Crippen MR) is 68.3 cm³/mol. The first-order chi connectivity index (χ1) is 7.59. The maximum absolute atomic E-state index is 8.00. The molecule has 3 nitrogen and oxygen atoms in total. The van der Waals surface area contributed by atoms with E-state index < -0.39 is 0 Å². The van der Waals surface area contributed by atoms with Gasteiger partial charge in [0.1, 0.15) is 0 Å². The van der Waals surface area contributed by atoms with Crippen LogP contribution in [-0.4, -0.2) is 24.8 Å². The van der Waals surface area contributed by atoms with Gasteiger partial charge in [-0.05, 0) is 12.0 Å². The van der Waals surface area contributed by atoms with Gasteiger partial charge in [-0.3, -0.25) is 0 Å². The van der Waals surface area contributed by atoms with E-state index >= 15 is 0 Å². The van der Waals surface area contributed by atoms with Gasteiger partial charge in [0.25, 0.3) is 0 Å². The molecule has 0 saturated carbocycles. The van der Waals surface area contributed by atoms with Crippen molar-refractivity contribution in [1.29, 1.82) is 5.41 Å². The van der Waals surface area contributed by atoms with Crippen LogP contribution in [0.3, 0.4) is 0 Å². The highest BCUT2D eigenvalue weighted by Gasteiger charge is 2.26. The lowest BCUT2D eigenvalue weighted by Crippen LogP contribution is -2.48. The van der Waals surface area contributed by atoms with E-state index in [4.69, 9.17) is 11.1 Å². The molecule has 0 radical (unpaired) electrons. The minimum absolute atomic E-state index is 0.159. The Bertz CT molecular complexity index is 398. The van der Waals surface area contributed by atoms with Gasteiger partial charge in [-0.1, -0.05) is 32.0 Å². The zero-order valence-electron chi connectivity index (χ0n) is 9.90. The molecule has 0 amide bonds. The van der Waals surface area contributed by atoms with Gasteiger partial charge >= 0.3 is 0 Å². The Kier molecular flexibility index (Phi) is 2.97. The first-order valence-corrected chi connectivity index (χ1v) is 5.78. The third-order valence-electron chi connectivity index (χ3n) is 2.91. The van der Waals surface area contributed by atoms with Crippen LogP contribution in [0.25, 0.3) is 0 Å². The minimum atomic E-state index is -0.159. The molecule has 3 N–H and O–H groups in total. The molecule has 0 spiro atoms. The van der Waals surface area contributed by atoms with Crippen molar-refractivity contribution >= 4 is 11.4 Å². The van der Waals surface area contributed by atoms with Crippen LogP contribution >= 0.6 is 0 Å². The van der Waals surface area contributed by atoms with E-state index in [1.54, 1.807) is 0 Å². The van der Waals surface area contributed by atoms with Crippen molar-refractivity contribution in [1.82, 2.24) is 0 Å². The van der Waals surface area contributed by atoms with Gasteiger partial charge in [0.05, 0.1) is 11.8 Å². The Morgan fingerprint density at radius 2 is 2.12 bits per heavy atom. The Balaban J connectivity index is 2.37. The number of nitrogens with zero attached hydrogens (tertiary/aromatic N) is 1. The molecular weight excluding hydrogens is 198 g/mol. The van der Waals surface area contributed by atoms with Crippen molar-refractivity contribution in [2.24, 2.45) is 11.7 Å². The van der Waals surface area contributed by atoms with Gasteiger partial charge in [-0.15, -0.1) is 0 Å². The Morgan fingerprint density at radius 1 is 1.44 bits per heavy atom. The lowest BCUT2D eigenvalue weighted by molar-refractivity contribution is 0.595. The molecule has 1 atom stereocenters. The third-order valence-corrected chi connectivity index (χ3v) is 2.91. The summed E-state index contributed by atoms with van der Waals surface area (Å²) in [6.45, 7) is 6.16. The van der Waals surface area contributed by atoms with E-state index in [1.165, 1.54) is 0 Å². The molecule has 3 heteroatoms. The van der Waals surface area contributed by atoms with Crippen LogP contribution in [0.2, 0.25) is 0 Å². The average Bonchev–Trinajstić information content (AvgIpc) is 2.25. The van der Waals surface area contributed by atoms with Gasteiger partial charge in [0, 0.05) is 24.3 Å². The maximum atomic E-state index is 8.00. The number of anilines is 1. The summed E-state index contributed by atoms with van der Waals surface area (Å²) in [5.41, 5.74) is 8.70. The highest BCUT2D eigenvalue weighted by Crippen LogP contribution is 2.26. The fourth-order valence-electron chi connectivity index (χ4n) is 2.22. The average molecular weight is 217 g/mol. The lowest BCUT2D eigenvalue weighted by atomic mass is 9.95. The van der Waals surface area contributed by atoms with E-state index in [9.17, 15) is 0 Å². The number of rotatable bonds is 2. The zero-order valence-corrected chi connectivity index (χ0v) is 9.90. The van der Waals surface area contributed by atoms with E-state index in [2.05, 4.69) is 24.8 Å². The number of nitrogens with two attached hydrogens (primary N) is 1. The van der Waals surface area contributed by atoms with Crippen LogP contribution in [-0.2, 0) is 0 Å². The smallest absolute Gasteiger partial charge is 0.0647 e. The molecule has 16 heavy (non-hydrogen) atoms. The molecule has 1 unspecified atom stereocenters. The molecule has 1 aliphatic heterocycles. The summed E-state index contributed by atoms with van der Waals surface area (Å²) < 4.78 is 0. The molecule has 86 valence electrons. The number of nitrogens with one attached hydrogen (secondary N) is 1. The lowest BCUT2D eigenvalue weighted by Gasteiger charge is -2.36. The normalized spacial score (nSPS) is 20.1.